The Kier molecular flexibility index (Phi) is 6.19. The zero-order valence-electron chi connectivity index (χ0n) is 17.6. The van der Waals surface area contributed by atoms with Crippen LogP contribution in [0, 0.1) is 0 Å². The molecule has 1 amide bonds. The molecule has 2 heterocycles. The fourth-order valence-corrected chi connectivity index (χ4v) is 4.58. The van der Waals surface area contributed by atoms with Crippen LogP contribution in [-0.2, 0) is 25.8 Å². The fourth-order valence-electron chi connectivity index (χ4n) is 4.58. The molecule has 1 fully saturated rings. The predicted molar refractivity (Wildman–Crippen MR) is 114 cm³/mol. The van der Waals surface area contributed by atoms with Gasteiger partial charge < -0.3 is 15.0 Å². The summed E-state index contributed by atoms with van der Waals surface area (Å²) in [5, 5.41) is 8.43. The van der Waals surface area contributed by atoms with Gasteiger partial charge in [0.1, 0.15) is 5.75 Å². The van der Waals surface area contributed by atoms with Crippen molar-refractivity contribution >= 4 is 5.91 Å². The molecule has 1 atom stereocenters. The van der Waals surface area contributed by atoms with E-state index >= 15 is 0 Å². The van der Waals surface area contributed by atoms with Crippen molar-refractivity contribution in [1.82, 2.24) is 20.0 Å². The molecule has 2 aliphatic rings. The average Bonchev–Trinajstić information content (AvgIpc) is 3.42. The fraction of sp³-hybridized carbons (Fsp3) is 0.565. The summed E-state index contributed by atoms with van der Waals surface area (Å²) >= 11 is 0. The second-order valence-electron chi connectivity index (χ2n) is 8.08. The van der Waals surface area contributed by atoms with Crippen molar-refractivity contribution in [3.63, 3.8) is 0 Å². The number of hydrogen-bond acceptors (Lipinski definition) is 4. The molecule has 1 aliphatic carbocycles. The Morgan fingerprint density at radius 1 is 1.24 bits per heavy atom. The van der Waals surface area contributed by atoms with E-state index in [1.54, 1.807) is 7.11 Å². The van der Waals surface area contributed by atoms with Gasteiger partial charge in [0.25, 0.3) is 5.91 Å². The van der Waals surface area contributed by atoms with E-state index in [2.05, 4.69) is 24.4 Å². The summed E-state index contributed by atoms with van der Waals surface area (Å²) in [5.74, 6) is 1.02. The molecule has 1 unspecified atom stereocenters. The van der Waals surface area contributed by atoms with Crippen LogP contribution in [0.15, 0.2) is 24.3 Å². The third kappa shape index (κ3) is 4.32. The van der Waals surface area contributed by atoms with Gasteiger partial charge in [0.05, 0.1) is 7.11 Å². The van der Waals surface area contributed by atoms with Crippen molar-refractivity contribution in [3.8, 4) is 5.75 Å². The molecule has 1 aromatic carbocycles. The Morgan fingerprint density at radius 2 is 2.00 bits per heavy atom. The average molecular weight is 397 g/mol. The molecule has 1 saturated heterocycles. The van der Waals surface area contributed by atoms with E-state index in [9.17, 15) is 4.79 Å². The number of amides is 1. The minimum Gasteiger partial charge on any atom is -0.497 e. The number of likely N-dealkylation sites (tertiary alicyclic amines) is 1. The van der Waals surface area contributed by atoms with Crippen molar-refractivity contribution in [2.24, 2.45) is 0 Å². The summed E-state index contributed by atoms with van der Waals surface area (Å²) in [4.78, 5) is 15.0. The predicted octanol–water partition coefficient (Wildman–Crippen LogP) is 2.84. The molecule has 0 spiro atoms. The van der Waals surface area contributed by atoms with E-state index in [0.717, 1.165) is 70.5 Å². The van der Waals surface area contributed by atoms with E-state index in [4.69, 9.17) is 9.84 Å². The first-order valence-electron chi connectivity index (χ1n) is 10.9. The molecule has 0 bridgehead atoms. The number of aryl methyl sites for hydroxylation is 1. The normalized spacial score (nSPS) is 18.7. The monoisotopic (exact) mass is 396 g/mol. The summed E-state index contributed by atoms with van der Waals surface area (Å²) in [6.45, 7) is 5.61. The molecule has 0 radical (unpaired) electrons. The van der Waals surface area contributed by atoms with Gasteiger partial charge in [-0.15, -0.1) is 0 Å². The maximum atomic E-state index is 13.0. The second kappa shape index (κ2) is 8.99. The van der Waals surface area contributed by atoms with Crippen LogP contribution >= 0.6 is 0 Å². The molecule has 0 saturated carbocycles. The molecule has 29 heavy (non-hydrogen) atoms. The standard InChI is InChI=1S/C23H32N4O2/c1-3-27-21-11-8-18(24-13-12-17-6-9-19(29-2)10-7-17)16-20(21)22(25-27)23(28)26-14-4-5-15-26/h6-7,9-10,18,24H,3-5,8,11-16H2,1-2H3. The lowest BCUT2D eigenvalue weighted by molar-refractivity contribution is 0.0785. The lowest BCUT2D eigenvalue weighted by atomic mass is 9.91. The van der Waals surface area contributed by atoms with Crippen molar-refractivity contribution in [3.05, 3.63) is 46.8 Å². The van der Waals surface area contributed by atoms with Gasteiger partial charge >= 0.3 is 0 Å². The molecule has 1 aromatic heterocycles. The minimum atomic E-state index is 0.129. The summed E-state index contributed by atoms with van der Waals surface area (Å²) < 4.78 is 7.27. The summed E-state index contributed by atoms with van der Waals surface area (Å²) in [7, 11) is 1.69. The van der Waals surface area contributed by atoms with Gasteiger partial charge in [0, 0.05) is 36.9 Å². The zero-order chi connectivity index (χ0) is 20.2. The van der Waals surface area contributed by atoms with Gasteiger partial charge in [-0.2, -0.15) is 5.10 Å². The van der Waals surface area contributed by atoms with E-state index < -0.39 is 0 Å². The van der Waals surface area contributed by atoms with Crippen LogP contribution in [0.4, 0.5) is 0 Å². The number of aromatic nitrogens is 2. The van der Waals surface area contributed by atoms with Crippen molar-refractivity contribution in [2.75, 3.05) is 26.7 Å². The highest BCUT2D eigenvalue weighted by Crippen LogP contribution is 2.27. The Hall–Kier alpha value is -2.34. The first-order chi connectivity index (χ1) is 14.2. The molecular weight excluding hydrogens is 364 g/mol. The topological polar surface area (TPSA) is 59.4 Å². The third-order valence-electron chi connectivity index (χ3n) is 6.25. The number of benzene rings is 1. The van der Waals surface area contributed by atoms with E-state index in [1.807, 2.05) is 21.7 Å². The van der Waals surface area contributed by atoms with Crippen LogP contribution in [-0.4, -0.2) is 53.4 Å². The molecule has 1 aliphatic heterocycles. The van der Waals surface area contributed by atoms with E-state index in [-0.39, 0.29) is 5.91 Å². The van der Waals surface area contributed by atoms with Crippen LogP contribution in [0.3, 0.4) is 0 Å². The van der Waals surface area contributed by atoms with Crippen LogP contribution in [0.2, 0.25) is 0 Å². The van der Waals surface area contributed by atoms with Gasteiger partial charge in [-0.3, -0.25) is 9.48 Å². The Bertz CT molecular complexity index is 837. The summed E-state index contributed by atoms with van der Waals surface area (Å²) in [6.07, 6.45) is 6.19. The highest BCUT2D eigenvalue weighted by molar-refractivity contribution is 5.94. The minimum absolute atomic E-state index is 0.129. The molecule has 1 N–H and O–H groups in total. The van der Waals surface area contributed by atoms with Crippen molar-refractivity contribution in [1.29, 1.82) is 0 Å². The maximum Gasteiger partial charge on any atom is 0.274 e. The van der Waals surface area contributed by atoms with Gasteiger partial charge in [0.15, 0.2) is 5.69 Å². The lowest BCUT2D eigenvalue weighted by Gasteiger charge is -2.25. The molecule has 4 rings (SSSR count). The number of hydrogen-bond donors (Lipinski definition) is 1. The number of methoxy groups -OCH3 is 1. The van der Waals surface area contributed by atoms with E-state index in [1.165, 1.54) is 16.8 Å². The number of carbonyl (C=O) groups is 1. The van der Waals surface area contributed by atoms with Gasteiger partial charge in [-0.1, -0.05) is 12.1 Å². The van der Waals surface area contributed by atoms with Gasteiger partial charge in [-0.25, -0.2) is 0 Å². The largest absolute Gasteiger partial charge is 0.497 e. The smallest absolute Gasteiger partial charge is 0.274 e. The number of ether oxygens (including phenoxy) is 1. The molecular formula is C23H32N4O2. The summed E-state index contributed by atoms with van der Waals surface area (Å²) in [6, 6.07) is 8.67. The van der Waals surface area contributed by atoms with Crippen LogP contribution in [0.25, 0.3) is 0 Å². The molecule has 6 nitrogen and oxygen atoms in total. The molecule has 156 valence electrons. The first kappa shape index (κ1) is 20.0. The highest BCUT2D eigenvalue weighted by atomic mass is 16.5. The molecule has 6 heteroatoms. The SMILES string of the molecule is CCn1nc(C(=O)N2CCCC2)c2c1CCC(NCCc1ccc(OC)cc1)C2. The van der Waals surface area contributed by atoms with Crippen LogP contribution in [0.5, 0.6) is 5.75 Å². The second-order valence-corrected chi connectivity index (χ2v) is 8.08. The third-order valence-corrected chi connectivity index (χ3v) is 6.25. The number of nitrogens with zero attached hydrogens (tertiary/aromatic N) is 3. The Morgan fingerprint density at radius 3 is 2.69 bits per heavy atom. The quantitative estimate of drug-likeness (QED) is 0.782. The highest BCUT2D eigenvalue weighted by Gasteiger charge is 2.31. The number of nitrogens with one attached hydrogen (secondary N) is 1. The number of rotatable bonds is 7. The van der Waals surface area contributed by atoms with Gasteiger partial charge in [-0.05, 0) is 69.7 Å². The van der Waals surface area contributed by atoms with Crippen LogP contribution < -0.4 is 10.1 Å². The first-order valence-corrected chi connectivity index (χ1v) is 10.9. The maximum absolute atomic E-state index is 13.0. The number of carbonyl (C=O) groups excluding carboxylic acids is 1. The lowest BCUT2D eigenvalue weighted by Crippen LogP contribution is -2.37. The van der Waals surface area contributed by atoms with Gasteiger partial charge in [0.2, 0.25) is 0 Å². The van der Waals surface area contributed by atoms with E-state index in [0.29, 0.717) is 11.7 Å². The summed E-state index contributed by atoms with van der Waals surface area (Å²) in [5.41, 5.74) is 4.45. The zero-order valence-corrected chi connectivity index (χ0v) is 17.6. The Labute approximate surface area is 173 Å². The Balaban J connectivity index is 1.40. The van der Waals surface area contributed by atoms with Crippen molar-refractivity contribution < 1.29 is 9.53 Å². The molecule has 2 aromatic rings. The number of fused-ring (bicyclic) bond motifs is 1. The van der Waals surface area contributed by atoms with Crippen molar-refractivity contribution in [2.45, 2.75) is 58.0 Å². The van der Waals surface area contributed by atoms with Crippen LogP contribution in [0.1, 0.15) is 53.5 Å².